The SMILES string of the molecule is C1CCC([PH+](C2CCCCC2)C2CCCCC2)CC1.C1CCC([PH+](C2CCCCC2)C2CCCCC2)CC1.[Cl][Ni].[c-]1ccc2c3c(cccc13)CC2. The van der Waals surface area contributed by atoms with Gasteiger partial charge in [0.05, 0.1) is 34.0 Å². The summed E-state index contributed by atoms with van der Waals surface area (Å²) in [5.74, 6) is 0. The summed E-state index contributed by atoms with van der Waals surface area (Å²) in [6.45, 7) is 0. The molecule has 7 aliphatic carbocycles. The maximum atomic E-state index is 4.26. The molecule has 2 aromatic carbocycles. The first-order valence-corrected chi connectivity index (χ1v) is 27.9. The van der Waals surface area contributed by atoms with Crippen LogP contribution in [-0.4, -0.2) is 34.0 Å². The zero-order valence-corrected chi connectivity index (χ0v) is 36.9. The minimum Gasteiger partial charge on any atom is -0.146 e. The topological polar surface area (TPSA) is 0 Å². The van der Waals surface area contributed by atoms with Crippen molar-refractivity contribution >= 4 is 36.8 Å². The summed E-state index contributed by atoms with van der Waals surface area (Å²) in [6.07, 6.45) is 50.0. The van der Waals surface area contributed by atoms with Gasteiger partial charge in [-0.2, -0.15) is 0 Å². The molecule has 0 amide bonds. The molecule has 0 radical (unpaired) electrons. The third-order valence-corrected chi connectivity index (χ3v) is 24.2. The minimum atomic E-state index is -0.0465. The Hall–Kier alpha value is 0.344. The summed E-state index contributed by atoms with van der Waals surface area (Å²) in [5.41, 5.74) is 10.4. The fourth-order valence-corrected chi connectivity index (χ4v) is 23.2. The van der Waals surface area contributed by atoms with Crippen LogP contribution >= 0.6 is 26.0 Å². The van der Waals surface area contributed by atoms with E-state index in [1.807, 2.05) is 6.07 Å². The van der Waals surface area contributed by atoms with Crippen LogP contribution in [-0.2, 0) is 27.4 Å². The van der Waals surface area contributed by atoms with Crippen molar-refractivity contribution in [1.82, 2.24) is 0 Å². The molecule has 6 fully saturated rings. The average Bonchev–Trinajstić information content (AvgIpc) is 3.67. The molecule has 0 aromatic heterocycles. The van der Waals surface area contributed by atoms with Gasteiger partial charge in [-0.15, -0.1) is 46.7 Å². The van der Waals surface area contributed by atoms with Gasteiger partial charge in [0.2, 0.25) is 0 Å². The Balaban J connectivity index is 0.000000134. The number of aryl methyl sites for hydroxylation is 2. The second-order valence-electron chi connectivity index (χ2n) is 18.4. The number of halogens is 1. The predicted molar refractivity (Wildman–Crippen MR) is 234 cm³/mol. The Kier molecular flexibility index (Phi) is 19.0. The first kappa shape index (κ1) is 42.0. The summed E-state index contributed by atoms with van der Waals surface area (Å²) < 4.78 is 0. The van der Waals surface area contributed by atoms with Crippen LogP contribution in [0.5, 0.6) is 0 Å². The minimum absolute atomic E-state index is 0.0465. The van der Waals surface area contributed by atoms with Crippen LogP contribution in [0.15, 0.2) is 30.3 Å². The zero-order valence-electron chi connectivity index (χ0n) is 33.2. The van der Waals surface area contributed by atoms with Crippen LogP contribution in [0.1, 0.15) is 204 Å². The predicted octanol–water partition coefficient (Wildman–Crippen LogP) is 15.8. The van der Waals surface area contributed by atoms with Gasteiger partial charge in [-0.25, -0.2) is 0 Å². The molecule has 52 heavy (non-hydrogen) atoms. The molecule has 9 rings (SSSR count). The van der Waals surface area contributed by atoms with Gasteiger partial charge in [0.25, 0.3) is 0 Å². The van der Waals surface area contributed by atoms with E-state index in [4.69, 9.17) is 0 Å². The average molecular weight is 810 g/mol. The Morgan fingerprint density at radius 2 is 0.692 bits per heavy atom. The molecule has 0 aliphatic heterocycles. The Morgan fingerprint density at radius 1 is 0.404 bits per heavy atom. The molecular formula is C48H77ClNiP2+. The summed E-state index contributed by atoms with van der Waals surface area (Å²) >= 11 is 3.35. The molecule has 6 saturated carbocycles. The second kappa shape index (κ2) is 23.5. The third-order valence-electron chi connectivity index (χ3n) is 15.1. The van der Waals surface area contributed by atoms with Gasteiger partial charge >= 0.3 is 24.8 Å². The molecule has 2 aromatic rings. The van der Waals surface area contributed by atoms with E-state index in [9.17, 15) is 0 Å². The summed E-state index contributed by atoms with van der Waals surface area (Å²) in [4.78, 5) is 0. The van der Waals surface area contributed by atoms with Crippen molar-refractivity contribution in [3.63, 3.8) is 0 Å². The van der Waals surface area contributed by atoms with E-state index in [1.54, 1.807) is 193 Å². The first-order valence-electron chi connectivity index (χ1n) is 23.1. The number of hydrogen-bond acceptors (Lipinski definition) is 0. The number of hydrogen-bond donors (Lipinski definition) is 0. The van der Waals surface area contributed by atoms with Crippen molar-refractivity contribution in [2.75, 3.05) is 0 Å². The monoisotopic (exact) mass is 808 g/mol. The summed E-state index contributed by atoms with van der Waals surface area (Å²) in [5, 5.41) is 2.74. The van der Waals surface area contributed by atoms with Gasteiger partial charge in [-0.1, -0.05) is 50.2 Å². The van der Waals surface area contributed by atoms with Gasteiger partial charge in [0.1, 0.15) is 0 Å². The van der Waals surface area contributed by atoms with Crippen LogP contribution in [0, 0.1) is 6.07 Å². The van der Waals surface area contributed by atoms with Crippen molar-refractivity contribution < 1.29 is 14.6 Å². The van der Waals surface area contributed by atoms with Crippen molar-refractivity contribution in [2.24, 2.45) is 0 Å². The van der Waals surface area contributed by atoms with Crippen LogP contribution in [0.2, 0.25) is 0 Å². The standard InChI is InChI=1S/2C18H33P.C12H9.ClH.Ni/c2*1-4-10-16(11-5-1)19(17-12-6-2-7-13-17)18-14-8-3-9-15-18;1-3-9-4-2-6-11-8-7-10(5-1)12(9)11;;/h2*16-18H,1-15H2;1-3,5-6H,7-8H2;1H;/q;;-1;;+1/p+1. The van der Waals surface area contributed by atoms with E-state index in [-0.39, 0.29) is 15.8 Å². The van der Waals surface area contributed by atoms with Crippen molar-refractivity contribution in [3.05, 3.63) is 47.5 Å². The van der Waals surface area contributed by atoms with Crippen molar-refractivity contribution in [2.45, 2.75) is 239 Å². The normalized spacial score (nSPS) is 24.5. The second-order valence-corrected chi connectivity index (χ2v) is 25.3. The van der Waals surface area contributed by atoms with E-state index in [0.717, 1.165) is 0 Å². The van der Waals surface area contributed by atoms with E-state index >= 15 is 0 Å². The third kappa shape index (κ3) is 11.9. The summed E-state index contributed by atoms with van der Waals surface area (Å²) in [7, 11) is 4.17. The van der Waals surface area contributed by atoms with Crippen molar-refractivity contribution in [3.8, 4) is 0 Å². The fourth-order valence-electron chi connectivity index (χ4n) is 12.7. The fraction of sp³-hybridized carbons (Fsp3) is 0.792. The summed E-state index contributed by atoms with van der Waals surface area (Å²) in [6, 6.07) is 14.0. The van der Waals surface area contributed by atoms with Gasteiger partial charge in [0, 0.05) is 15.8 Å². The molecule has 0 nitrogen and oxygen atoms in total. The largest absolute Gasteiger partial charge is 0.146 e. The molecule has 0 bridgehead atoms. The van der Waals surface area contributed by atoms with Gasteiger partial charge in [0.15, 0.2) is 0 Å². The van der Waals surface area contributed by atoms with Crippen LogP contribution < -0.4 is 0 Å². The van der Waals surface area contributed by atoms with Gasteiger partial charge in [-0.05, 0) is 167 Å². The molecule has 0 unspecified atom stereocenters. The molecule has 0 saturated heterocycles. The van der Waals surface area contributed by atoms with E-state index in [1.165, 1.54) is 68.7 Å². The maximum absolute atomic E-state index is 4.26. The molecule has 295 valence electrons. The molecular weight excluding hydrogens is 733 g/mol. The first-order chi connectivity index (χ1) is 25.8. The van der Waals surface area contributed by atoms with Gasteiger partial charge < -0.3 is 0 Å². The van der Waals surface area contributed by atoms with E-state index < -0.39 is 0 Å². The number of rotatable bonds is 6. The van der Waals surface area contributed by atoms with E-state index in [0.29, 0.717) is 0 Å². The zero-order chi connectivity index (χ0) is 35.8. The molecule has 4 heteroatoms. The Labute approximate surface area is 336 Å². The maximum Gasteiger partial charge on any atom is -0.0335 e. The van der Waals surface area contributed by atoms with Crippen LogP contribution in [0.25, 0.3) is 10.8 Å². The number of benzene rings is 2. The van der Waals surface area contributed by atoms with E-state index in [2.05, 4.69) is 55.1 Å². The van der Waals surface area contributed by atoms with Crippen LogP contribution in [0.4, 0.5) is 0 Å². The molecule has 0 heterocycles. The van der Waals surface area contributed by atoms with Gasteiger partial charge in [-0.3, -0.25) is 0 Å². The smallest absolute Gasteiger partial charge is 0.0335 e. The molecule has 7 aliphatic rings. The molecule has 0 spiro atoms. The molecule has 0 atom stereocenters. The Bertz CT molecular complexity index is 1070. The van der Waals surface area contributed by atoms with Crippen LogP contribution in [0.3, 0.4) is 0 Å². The Morgan fingerprint density at radius 3 is 1.00 bits per heavy atom. The molecule has 0 N–H and O–H groups in total. The quantitative estimate of drug-likeness (QED) is 0.155. The van der Waals surface area contributed by atoms with Crippen molar-refractivity contribution in [1.29, 1.82) is 0 Å².